The highest BCUT2D eigenvalue weighted by molar-refractivity contribution is 5.83. The molecule has 30 heavy (non-hydrogen) atoms. The average molecular weight is 420 g/mol. The van der Waals surface area contributed by atoms with E-state index < -0.39 is 11.7 Å². The first-order valence-electron chi connectivity index (χ1n) is 9.93. The fraction of sp³-hybridized carbons (Fsp3) is 0.450. The molecule has 3 heterocycles. The molecule has 2 aromatic rings. The molecule has 0 saturated carbocycles. The zero-order valence-corrected chi connectivity index (χ0v) is 16.2. The van der Waals surface area contributed by atoms with Crippen LogP contribution in [0.1, 0.15) is 43.0 Å². The Kier molecular flexibility index (Phi) is 5.61. The molecule has 1 amide bonds. The van der Waals surface area contributed by atoms with Crippen LogP contribution in [-0.2, 0) is 11.0 Å². The van der Waals surface area contributed by atoms with Gasteiger partial charge in [-0.1, -0.05) is 12.1 Å². The quantitative estimate of drug-likeness (QED) is 0.707. The number of rotatable bonds is 3. The molecule has 0 aliphatic carbocycles. The van der Waals surface area contributed by atoms with E-state index >= 15 is 0 Å². The van der Waals surface area contributed by atoms with Crippen LogP contribution in [0.25, 0.3) is 11.1 Å². The van der Waals surface area contributed by atoms with E-state index in [1.807, 2.05) is 0 Å². The van der Waals surface area contributed by atoms with Gasteiger partial charge in [0.25, 0.3) is 0 Å². The zero-order valence-electron chi connectivity index (χ0n) is 16.2. The summed E-state index contributed by atoms with van der Waals surface area (Å²) < 4.78 is 39.7. The van der Waals surface area contributed by atoms with Crippen molar-refractivity contribution in [3.63, 3.8) is 0 Å². The molecule has 1 aromatic heterocycles. The van der Waals surface area contributed by atoms with Crippen LogP contribution >= 0.6 is 0 Å². The summed E-state index contributed by atoms with van der Waals surface area (Å²) in [6.45, 7) is 1.26. The second-order valence-corrected chi connectivity index (χ2v) is 7.56. The van der Waals surface area contributed by atoms with E-state index in [1.54, 1.807) is 11.0 Å². The van der Waals surface area contributed by atoms with E-state index in [9.17, 15) is 18.0 Å². The number of nitrogens with two attached hydrogens (primary N) is 1. The SMILES string of the molecule is Nc1ncc(-c2cccc(C(F)(F)F)c2)c(C2CCCCN2C(=O)C2CCNN2)n1. The molecule has 2 unspecified atom stereocenters. The van der Waals surface area contributed by atoms with E-state index in [0.29, 0.717) is 42.8 Å². The molecule has 10 heteroatoms. The Morgan fingerprint density at radius 1 is 1.23 bits per heavy atom. The zero-order chi connectivity index (χ0) is 21.3. The van der Waals surface area contributed by atoms with E-state index in [2.05, 4.69) is 20.8 Å². The fourth-order valence-corrected chi connectivity index (χ4v) is 4.10. The van der Waals surface area contributed by atoms with Crippen LogP contribution in [0.15, 0.2) is 30.5 Å². The van der Waals surface area contributed by atoms with Gasteiger partial charge in [0.1, 0.15) is 6.04 Å². The lowest BCUT2D eigenvalue weighted by Crippen LogP contribution is -2.48. The van der Waals surface area contributed by atoms with Crippen LogP contribution in [0.4, 0.5) is 19.1 Å². The van der Waals surface area contributed by atoms with Crippen molar-refractivity contribution in [2.24, 2.45) is 0 Å². The average Bonchev–Trinajstić information content (AvgIpc) is 3.27. The Morgan fingerprint density at radius 2 is 2.07 bits per heavy atom. The Morgan fingerprint density at radius 3 is 2.80 bits per heavy atom. The van der Waals surface area contributed by atoms with Gasteiger partial charge in [-0.15, -0.1) is 0 Å². The molecule has 0 spiro atoms. The normalized spacial score (nSPS) is 22.3. The van der Waals surface area contributed by atoms with Crippen LogP contribution < -0.4 is 16.6 Å². The maximum Gasteiger partial charge on any atom is 0.416 e. The van der Waals surface area contributed by atoms with Crippen molar-refractivity contribution in [1.29, 1.82) is 0 Å². The number of nitrogens with one attached hydrogen (secondary N) is 2. The number of aromatic nitrogens is 2. The number of nitrogens with zero attached hydrogens (tertiary/aromatic N) is 3. The maximum absolute atomic E-state index is 13.2. The number of halogens is 3. The minimum Gasteiger partial charge on any atom is -0.368 e. The second-order valence-electron chi connectivity index (χ2n) is 7.56. The van der Waals surface area contributed by atoms with Crippen molar-refractivity contribution in [3.05, 3.63) is 41.7 Å². The Balaban J connectivity index is 1.75. The number of hydrazine groups is 1. The molecule has 2 saturated heterocycles. The summed E-state index contributed by atoms with van der Waals surface area (Å²) in [6.07, 6.45) is 0.0694. The van der Waals surface area contributed by atoms with Gasteiger partial charge in [0.15, 0.2) is 0 Å². The van der Waals surface area contributed by atoms with Crippen molar-refractivity contribution in [1.82, 2.24) is 25.7 Å². The monoisotopic (exact) mass is 420 g/mol. The summed E-state index contributed by atoms with van der Waals surface area (Å²) in [7, 11) is 0. The first kappa shape index (κ1) is 20.5. The lowest BCUT2D eigenvalue weighted by atomic mass is 9.92. The fourth-order valence-electron chi connectivity index (χ4n) is 4.10. The minimum atomic E-state index is -4.46. The molecule has 2 aliphatic rings. The molecule has 1 aromatic carbocycles. The molecule has 2 aliphatic heterocycles. The number of piperidine rings is 1. The number of amides is 1. The van der Waals surface area contributed by atoms with Gasteiger partial charge in [0.2, 0.25) is 11.9 Å². The first-order chi connectivity index (χ1) is 14.3. The van der Waals surface area contributed by atoms with Crippen LogP contribution in [0.5, 0.6) is 0 Å². The van der Waals surface area contributed by atoms with E-state index in [0.717, 1.165) is 25.0 Å². The maximum atomic E-state index is 13.2. The summed E-state index contributed by atoms with van der Waals surface area (Å²) >= 11 is 0. The third kappa shape index (κ3) is 4.10. The van der Waals surface area contributed by atoms with Gasteiger partial charge in [-0.3, -0.25) is 10.2 Å². The molecular weight excluding hydrogens is 397 g/mol. The number of likely N-dealkylation sites (tertiary alicyclic amines) is 1. The third-order valence-electron chi connectivity index (χ3n) is 5.57. The number of alkyl halides is 3. The Hall–Kier alpha value is -2.72. The van der Waals surface area contributed by atoms with Crippen LogP contribution in [0.2, 0.25) is 0 Å². The molecule has 4 N–H and O–H groups in total. The lowest BCUT2D eigenvalue weighted by molar-refractivity contribution is -0.138. The summed E-state index contributed by atoms with van der Waals surface area (Å²) in [5.74, 6) is -0.0174. The minimum absolute atomic E-state index is 0.0272. The van der Waals surface area contributed by atoms with Gasteiger partial charge >= 0.3 is 6.18 Å². The van der Waals surface area contributed by atoms with E-state index in [4.69, 9.17) is 5.73 Å². The number of hydrogen-bond donors (Lipinski definition) is 3. The number of anilines is 1. The number of carbonyl (C=O) groups excluding carboxylic acids is 1. The predicted octanol–water partition coefficient (Wildman–Crippen LogP) is 2.66. The highest BCUT2D eigenvalue weighted by atomic mass is 19.4. The Labute approximate surface area is 171 Å². The lowest BCUT2D eigenvalue weighted by Gasteiger charge is -2.37. The molecular formula is C20H23F3N6O. The largest absolute Gasteiger partial charge is 0.416 e. The summed E-state index contributed by atoms with van der Waals surface area (Å²) in [4.78, 5) is 23.3. The summed E-state index contributed by atoms with van der Waals surface area (Å²) in [6, 6.07) is 4.35. The van der Waals surface area contributed by atoms with Gasteiger partial charge < -0.3 is 10.6 Å². The molecule has 0 bridgehead atoms. The van der Waals surface area contributed by atoms with Gasteiger partial charge in [0.05, 0.1) is 17.3 Å². The van der Waals surface area contributed by atoms with Crippen molar-refractivity contribution >= 4 is 11.9 Å². The topological polar surface area (TPSA) is 96.2 Å². The van der Waals surface area contributed by atoms with Crippen molar-refractivity contribution in [2.75, 3.05) is 18.8 Å². The highest BCUT2D eigenvalue weighted by Crippen LogP contribution is 2.38. The number of carbonyl (C=O) groups is 1. The third-order valence-corrected chi connectivity index (χ3v) is 5.57. The van der Waals surface area contributed by atoms with Crippen molar-refractivity contribution < 1.29 is 18.0 Å². The van der Waals surface area contributed by atoms with E-state index in [-0.39, 0.29) is 23.9 Å². The van der Waals surface area contributed by atoms with Crippen LogP contribution in [-0.4, -0.2) is 39.9 Å². The molecule has 2 atom stereocenters. The Bertz CT molecular complexity index is 929. The smallest absolute Gasteiger partial charge is 0.368 e. The molecule has 7 nitrogen and oxygen atoms in total. The van der Waals surface area contributed by atoms with E-state index in [1.165, 1.54) is 12.3 Å². The van der Waals surface area contributed by atoms with Gasteiger partial charge in [0, 0.05) is 24.8 Å². The molecule has 4 rings (SSSR count). The second kappa shape index (κ2) is 8.19. The van der Waals surface area contributed by atoms with Crippen LogP contribution in [0, 0.1) is 0 Å². The highest BCUT2D eigenvalue weighted by Gasteiger charge is 2.36. The van der Waals surface area contributed by atoms with Crippen molar-refractivity contribution in [2.45, 2.75) is 43.9 Å². The first-order valence-corrected chi connectivity index (χ1v) is 9.93. The molecule has 0 radical (unpaired) electrons. The standard InChI is InChI=1S/C20H23F3N6O/c21-20(22,23)13-5-3-4-12(10-13)14-11-25-19(24)27-17(14)16-6-1-2-9-29(16)18(30)15-7-8-26-28-15/h3-5,10-11,15-16,26,28H,1-2,6-9H2,(H2,24,25,27). The van der Waals surface area contributed by atoms with Crippen molar-refractivity contribution in [3.8, 4) is 11.1 Å². The van der Waals surface area contributed by atoms with Gasteiger partial charge in [-0.2, -0.15) is 13.2 Å². The molecule has 2 fully saturated rings. The number of benzene rings is 1. The summed E-state index contributed by atoms with van der Waals surface area (Å²) in [5.41, 5.74) is 12.3. The summed E-state index contributed by atoms with van der Waals surface area (Å²) in [5, 5.41) is 0. The number of nitrogen functional groups attached to an aromatic ring is 1. The predicted molar refractivity (Wildman–Crippen MR) is 105 cm³/mol. The van der Waals surface area contributed by atoms with Gasteiger partial charge in [-0.05, 0) is 43.4 Å². The van der Waals surface area contributed by atoms with Gasteiger partial charge in [-0.25, -0.2) is 15.4 Å². The molecule has 160 valence electrons. The van der Waals surface area contributed by atoms with Crippen LogP contribution in [0.3, 0.4) is 0 Å². The number of hydrogen-bond acceptors (Lipinski definition) is 6.